The third-order valence-electron chi connectivity index (χ3n) is 3.46. The molecule has 0 fully saturated rings. The number of nitrogen functional groups attached to an aromatic ring is 1. The number of para-hydroxylation sites is 2. The Bertz CT molecular complexity index is 839. The number of aromatic nitrogens is 2. The van der Waals surface area contributed by atoms with Gasteiger partial charge in [-0.15, -0.1) is 0 Å². The number of nitro benzene ring substituents is 1. The summed E-state index contributed by atoms with van der Waals surface area (Å²) in [5.41, 5.74) is 8.27. The van der Waals surface area contributed by atoms with Crippen molar-refractivity contribution in [1.82, 2.24) is 9.55 Å². The molecule has 106 valence electrons. The highest BCUT2D eigenvalue weighted by atomic mass is 16.6. The number of nitro groups is 1. The van der Waals surface area contributed by atoms with Crippen LogP contribution in [0.15, 0.2) is 42.5 Å². The van der Waals surface area contributed by atoms with Crippen molar-refractivity contribution in [2.24, 2.45) is 0 Å². The summed E-state index contributed by atoms with van der Waals surface area (Å²) in [6.07, 6.45) is 0. The van der Waals surface area contributed by atoms with Crippen molar-refractivity contribution in [2.45, 2.75) is 13.5 Å². The maximum Gasteiger partial charge on any atom is 0.292 e. The van der Waals surface area contributed by atoms with E-state index in [2.05, 4.69) is 4.98 Å². The molecule has 1 aromatic heterocycles. The molecule has 0 aliphatic rings. The number of hydrogen-bond donors (Lipinski definition) is 1. The minimum Gasteiger partial charge on any atom is -0.393 e. The van der Waals surface area contributed by atoms with E-state index in [9.17, 15) is 10.1 Å². The maximum atomic E-state index is 11.0. The molecule has 6 nitrogen and oxygen atoms in total. The van der Waals surface area contributed by atoms with E-state index < -0.39 is 4.92 Å². The molecule has 2 N–H and O–H groups in total. The molecule has 0 saturated carbocycles. The van der Waals surface area contributed by atoms with Crippen LogP contribution in [0.1, 0.15) is 6.92 Å². The fourth-order valence-electron chi connectivity index (χ4n) is 2.46. The van der Waals surface area contributed by atoms with E-state index >= 15 is 0 Å². The number of benzene rings is 2. The van der Waals surface area contributed by atoms with Gasteiger partial charge in [0.2, 0.25) is 0 Å². The Balaban J connectivity index is 2.25. The summed E-state index contributed by atoms with van der Waals surface area (Å²) in [6, 6.07) is 12.6. The quantitative estimate of drug-likeness (QED) is 0.454. The second kappa shape index (κ2) is 4.90. The number of hydrogen-bond acceptors (Lipinski definition) is 4. The number of fused-ring (bicyclic) bond motifs is 1. The number of nitrogens with two attached hydrogens (primary N) is 1. The molecular weight excluding hydrogens is 268 g/mol. The zero-order valence-corrected chi connectivity index (χ0v) is 11.5. The summed E-state index contributed by atoms with van der Waals surface area (Å²) in [5.74, 6) is 0.710. The summed E-state index contributed by atoms with van der Waals surface area (Å²) in [7, 11) is 0. The van der Waals surface area contributed by atoms with Gasteiger partial charge in [0.05, 0.1) is 16.0 Å². The summed E-state index contributed by atoms with van der Waals surface area (Å²) >= 11 is 0. The van der Waals surface area contributed by atoms with Crippen LogP contribution in [-0.4, -0.2) is 14.5 Å². The van der Waals surface area contributed by atoms with Gasteiger partial charge in [-0.2, -0.15) is 0 Å². The average Bonchev–Trinajstić information content (AvgIpc) is 2.85. The molecule has 21 heavy (non-hydrogen) atoms. The van der Waals surface area contributed by atoms with Crippen LogP contribution in [0.4, 0.5) is 11.4 Å². The fraction of sp³-hybridized carbons (Fsp3) is 0.133. The first kappa shape index (κ1) is 13.1. The Hall–Kier alpha value is -2.89. The highest BCUT2D eigenvalue weighted by Gasteiger charge is 2.16. The Morgan fingerprint density at radius 1 is 1.29 bits per heavy atom. The zero-order valence-electron chi connectivity index (χ0n) is 11.5. The largest absolute Gasteiger partial charge is 0.393 e. The molecule has 0 aliphatic heterocycles. The van der Waals surface area contributed by atoms with Crippen molar-refractivity contribution in [3.8, 4) is 11.4 Å². The number of nitrogens with zero attached hydrogens (tertiary/aromatic N) is 3. The molecule has 0 saturated heterocycles. The molecule has 0 atom stereocenters. The van der Waals surface area contributed by atoms with E-state index in [0.717, 1.165) is 17.6 Å². The first-order chi connectivity index (χ1) is 10.1. The van der Waals surface area contributed by atoms with Crippen LogP contribution in [0.25, 0.3) is 22.4 Å². The van der Waals surface area contributed by atoms with E-state index in [-0.39, 0.29) is 11.4 Å². The van der Waals surface area contributed by atoms with Gasteiger partial charge in [0.25, 0.3) is 5.69 Å². The highest BCUT2D eigenvalue weighted by Crippen LogP contribution is 2.30. The Morgan fingerprint density at radius 2 is 2.05 bits per heavy atom. The second-order valence-corrected chi connectivity index (χ2v) is 4.70. The smallest absolute Gasteiger partial charge is 0.292 e. The van der Waals surface area contributed by atoms with Crippen molar-refractivity contribution >= 4 is 22.4 Å². The Morgan fingerprint density at radius 3 is 2.76 bits per heavy atom. The topological polar surface area (TPSA) is 87.0 Å². The molecule has 0 radical (unpaired) electrons. The van der Waals surface area contributed by atoms with Gasteiger partial charge in [-0.05, 0) is 31.2 Å². The molecule has 0 spiro atoms. The lowest BCUT2D eigenvalue weighted by Crippen LogP contribution is -2.00. The first-order valence-corrected chi connectivity index (χ1v) is 6.61. The minimum atomic E-state index is -0.474. The molecule has 2 aromatic carbocycles. The number of aryl methyl sites for hydroxylation is 1. The van der Waals surface area contributed by atoms with Crippen molar-refractivity contribution in [3.63, 3.8) is 0 Å². The third-order valence-corrected chi connectivity index (χ3v) is 3.46. The van der Waals surface area contributed by atoms with Gasteiger partial charge in [0, 0.05) is 18.2 Å². The monoisotopic (exact) mass is 282 g/mol. The predicted octanol–water partition coefficient (Wildman–Crippen LogP) is 3.21. The van der Waals surface area contributed by atoms with Gasteiger partial charge in [-0.3, -0.25) is 10.1 Å². The summed E-state index contributed by atoms with van der Waals surface area (Å²) in [6.45, 7) is 2.75. The summed E-state index contributed by atoms with van der Waals surface area (Å²) in [5, 5.41) is 11.0. The molecule has 3 rings (SSSR count). The molecule has 3 aromatic rings. The van der Waals surface area contributed by atoms with Gasteiger partial charge in [-0.1, -0.05) is 12.1 Å². The van der Waals surface area contributed by atoms with Crippen LogP contribution in [0.3, 0.4) is 0 Å². The van der Waals surface area contributed by atoms with E-state index in [1.54, 1.807) is 12.1 Å². The number of rotatable bonds is 3. The van der Waals surface area contributed by atoms with Crippen LogP contribution in [-0.2, 0) is 6.54 Å². The maximum absolute atomic E-state index is 11.0. The lowest BCUT2D eigenvalue weighted by atomic mass is 10.1. The molecule has 0 aliphatic carbocycles. The standard InChI is InChI=1S/C15H14N4O2/c1-2-18-13-6-4-3-5-12(13)17-15(18)10-7-8-11(16)14(9-10)19(20)21/h3-9H,2,16H2,1H3. The van der Waals surface area contributed by atoms with Crippen LogP contribution in [0.2, 0.25) is 0 Å². The molecule has 0 unspecified atom stereocenters. The van der Waals surface area contributed by atoms with Gasteiger partial charge >= 0.3 is 0 Å². The Labute approximate surface area is 121 Å². The second-order valence-electron chi connectivity index (χ2n) is 4.70. The highest BCUT2D eigenvalue weighted by molar-refractivity contribution is 5.81. The summed E-state index contributed by atoms with van der Waals surface area (Å²) < 4.78 is 2.03. The molecule has 0 bridgehead atoms. The van der Waals surface area contributed by atoms with E-state index in [4.69, 9.17) is 5.73 Å². The van der Waals surface area contributed by atoms with Crippen LogP contribution in [0, 0.1) is 10.1 Å². The van der Waals surface area contributed by atoms with Crippen molar-refractivity contribution in [3.05, 3.63) is 52.6 Å². The van der Waals surface area contributed by atoms with Gasteiger partial charge in [0.15, 0.2) is 0 Å². The minimum absolute atomic E-state index is 0.0952. The first-order valence-electron chi connectivity index (χ1n) is 6.61. The molecule has 1 heterocycles. The predicted molar refractivity (Wildman–Crippen MR) is 81.9 cm³/mol. The Kier molecular flexibility index (Phi) is 3.06. The van der Waals surface area contributed by atoms with Crippen LogP contribution < -0.4 is 5.73 Å². The average molecular weight is 282 g/mol. The lowest BCUT2D eigenvalue weighted by molar-refractivity contribution is -0.383. The van der Waals surface area contributed by atoms with Gasteiger partial charge < -0.3 is 10.3 Å². The SMILES string of the molecule is CCn1c(-c2ccc(N)c([N+](=O)[O-])c2)nc2ccccc21. The van der Waals surface area contributed by atoms with Crippen molar-refractivity contribution < 1.29 is 4.92 Å². The van der Waals surface area contributed by atoms with Crippen LogP contribution in [0.5, 0.6) is 0 Å². The number of imidazole rings is 1. The molecule has 6 heteroatoms. The third kappa shape index (κ3) is 2.10. The van der Waals surface area contributed by atoms with E-state index in [1.165, 1.54) is 6.07 Å². The normalized spacial score (nSPS) is 10.9. The van der Waals surface area contributed by atoms with Crippen LogP contribution >= 0.6 is 0 Å². The molecular formula is C15H14N4O2. The van der Waals surface area contributed by atoms with E-state index in [1.807, 2.05) is 35.8 Å². The van der Waals surface area contributed by atoms with Crippen molar-refractivity contribution in [1.29, 1.82) is 0 Å². The van der Waals surface area contributed by atoms with Crippen molar-refractivity contribution in [2.75, 3.05) is 5.73 Å². The van der Waals surface area contributed by atoms with Gasteiger partial charge in [0.1, 0.15) is 11.5 Å². The van der Waals surface area contributed by atoms with E-state index in [0.29, 0.717) is 11.4 Å². The summed E-state index contributed by atoms with van der Waals surface area (Å²) in [4.78, 5) is 15.1. The fourth-order valence-corrected chi connectivity index (χ4v) is 2.46. The lowest BCUT2D eigenvalue weighted by Gasteiger charge is -2.06. The van der Waals surface area contributed by atoms with Gasteiger partial charge in [-0.25, -0.2) is 4.98 Å². The zero-order chi connectivity index (χ0) is 15.0. The number of anilines is 1. The molecule has 0 amide bonds.